The van der Waals surface area contributed by atoms with Gasteiger partial charge in [0, 0.05) is 6.08 Å². The summed E-state index contributed by atoms with van der Waals surface area (Å²) in [5, 5.41) is 8.75. The lowest BCUT2D eigenvalue weighted by Crippen LogP contribution is -1.90. The number of allylic oxidation sites excluding steroid dienone is 1. The molecule has 0 spiro atoms. The van der Waals surface area contributed by atoms with Gasteiger partial charge in [-0.15, -0.1) is 0 Å². The number of hydrogen-bond donors (Lipinski definition) is 1. The van der Waals surface area contributed by atoms with Gasteiger partial charge in [0.05, 0.1) is 0 Å². The molecule has 102 valence electrons. The number of aryl methyl sites for hydroxylation is 1. The highest BCUT2D eigenvalue weighted by atomic mass is 16.4. The normalized spacial score (nSPS) is 11.4. The molecule has 2 heteroatoms. The molecule has 0 bridgehead atoms. The smallest absolute Gasteiger partial charge is 0.328 e. The van der Waals surface area contributed by atoms with E-state index in [1.807, 2.05) is 24.3 Å². The van der Waals surface area contributed by atoms with Gasteiger partial charge in [0.2, 0.25) is 0 Å². The zero-order valence-electron chi connectivity index (χ0n) is 11.8. The van der Waals surface area contributed by atoms with Crippen LogP contribution in [-0.2, 0) is 11.2 Å². The molecule has 0 aromatic heterocycles. The van der Waals surface area contributed by atoms with Gasteiger partial charge in [0.25, 0.3) is 0 Å². The molecule has 0 aliphatic carbocycles. The second kappa shape index (κ2) is 6.20. The number of carboxylic acids is 1. The van der Waals surface area contributed by atoms with Crippen LogP contribution in [0.5, 0.6) is 0 Å². The van der Waals surface area contributed by atoms with Crippen LogP contribution in [-0.4, -0.2) is 11.1 Å². The van der Waals surface area contributed by atoms with Gasteiger partial charge in [-0.3, -0.25) is 0 Å². The topological polar surface area (TPSA) is 37.3 Å². The molecule has 0 saturated heterocycles. The Bertz CT molecular complexity index is 619. The lowest BCUT2D eigenvalue weighted by molar-refractivity contribution is -0.131. The maximum atomic E-state index is 10.7. The summed E-state index contributed by atoms with van der Waals surface area (Å²) in [6, 6.07) is 16.5. The molecule has 2 aromatic rings. The van der Waals surface area contributed by atoms with Crippen LogP contribution in [0.4, 0.5) is 0 Å². The molecule has 0 atom stereocenters. The first-order valence-corrected chi connectivity index (χ1v) is 6.71. The van der Waals surface area contributed by atoms with Crippen LogP contribution in [0.25, 0.3) is 16.7 Å². The van der Waals surface area contributed by atoms with Crippen LogP contribution < -0.4 is 0 Å². The third kappa shape index (κ3) is 3.35. The summed E-state index contributed by atoms with van der Waals surface area (Å²) in [4.78, 5) is 10.7. The summed E-state index contributed by atoms with van der Waals surface area (Å²) in [7, 11) is 0. The van der Waals surface area contributed by atoms with Crippen molar-refractivity contribution in [2.45, 2.75) is 20.3 Å². The molecule has 0 fully saturated rings. The molecule has 2 aromatic carbocycles. The molecule has 0 aliphatic heterocycles. The van der Waals surface area contributed by atoms with Crippen LogP contribution in [0.1, 0.15) is 25.0 Å². The van der Waals surface area contributed by atoms with Crippen molar-refractivity contribution < 1.29 is 9.90 Å². The highest BCUT2D eigenvalue weighted by molar-refractivity contribution is 5.89. The number of benzene rings is 2. The van der Waals surface area contributed by atoms with E-state index in [2.05, 4.69) is 31.2 Å². The van der Waals surface area contributed by atoms with Gasteiger partial charge in [0.15, 0.2) is 0 Å². The van der Waals surface area contributed by atoms with E-state index in [0.717, 1.165) is 23.1 Å². The monoisotopic (exact) mass is 266 g/mol. The third-order valence-corrected chi connectivity index (χ3v) is 3.38. The van der Waals surface area contributed by atoms with Gasteiger partial charge >= 0.3 is 5.97 Å². The summed E-state index contributed by atoms with van der Waals surface area (Å²) < 4.78 is 0. The molecule has 2 nitrogen and oxygen atoms in total. The van der Waals surface area contributed by atoms with Crippen LogP contribution in [0, 0.1) is 0 Å². The Hall–Kier alpha value is -2.35. The third-order valence-electron chi connectivity index (χ3n) is 3.38. The van der Waals surface area contributed by atoms with Crippen LogP contribution in [0.2, 0.25) is 0 Å². The molecule has 0 radical (unpaired) electrons. The number of rotatable bonds is 4. The van der Waals surface area contributed by atoms with E-state index in [4.69, 9.17) is 5.11 Å². The van der Waals surface area contributed by atoms with Crippen molar-refractivity contribution in [3.63, 3.8) is 0 Å². The average Bonchev–Trinajstić information content (AvgIpc) is 2.47. The average molecular weight is 266 g/mol. The number of aliphatic carboxylic acids is 1. The summed E-state index contributed by atoms with van der Waals surface area (Å²) in [6.07, 6.45) is 2.27. The summed E-state index contributed by atoms with van der Waals surface area (Å²) in [5.74, 6) is -0.915. The maximum Gasteiger partial charge on any atom is 0.328 e. The van der Waals surface area contributed by atoms with E-state index in [0.29, 0.717) is 0 Å². The molecular weight excluding hydrogens is 248 g/mol. The van der Waals surface area contributed by atoms with Gasteiger partial charge < -0.3 is 5.11 Å². The van der Waals surface area contributed by atoms with Gasteiger partial charge in [-0.05, 0) is 41.2 Å². The predicted molar refractivity (Wildman–Crippen MR) is 82.5 cm³/mol. The van der Waals surface area contributed by atoms with Crippen molar-refractivity contribution in [3.8, 4) is 11.1 Å². The molecule has 0 saturated carbocycles. The first-order chi connectivity index (χ1) is 9.60. The number of carbonyl (C=O) groups is 1. The first-order valence-electron chi connectivity index (χ1n) is 6.71. The Balaban J connectivity index is 2.25. The molecule has 2 rings (SSSR count). The zero-order chi connectivity index (χ0) is 14.5. The predicted octanol–water partition coefficient (Wildman–Crippen LogP) is 4.40. The highest BCUT2D eigenvalue weighted by Crippen LogP contribution is 2.23. The summed E-state index contributed by atoms with van der Waals surface area (Å²) in [6.45, 7) is 3.94. The Morgan fingerprint density at radius 2 is 1.50 bits per heavy atom. The van der Waals surface area contributed by atoms with Crippen molar-refractivity contribution in [1.82, 2.24) is 0 Å². The molecule has 0 heterocycles. The Morgan fingerprint density at radius 3 is 1.95 bits per heavy atom. The molecule has 20 heavy (non-hydrogen) atoms. The fourth-order valence-corrected chi connectivity index (χ4v) is 2.13. The first kappa shape index (κ1) is 14.1. The second-order valence-corrected chi connectivity index (χ2v) is 4.79. The Labute approximate surface area is 119 Å². The minimum atomic E-state index is -0.915. The summed E-state index contributed by atoms with van der Waals surface area (Å²) in [5.41, 5.74) is 5.32. The van der Waals surface area contributed by atoms with E-state index in [1.165, 1.54) is 17.2 Å². The molecule has 0 aliphatic rings. The van der Waals surface area contributed by atoms with Gasteiger partial charge in [-0.25, -0.2) is 4.79 Å². The number of hydrogen-bond acceptors (Lipinski definition) is 1. The Morgan fingerprint density at radius 1 is 1.00 bits per heavy atom. The minimum Gasteiger partial charge on any atom is -0.478 e. The molecule has 1 N–H and O–H groups in total. The van der Waals surface area contributed by atoms with Crippen LogP contribution in [0.3, 0.4) is 0 Å². The van der Waals surface area contributed by atoms with E-state index in [9.17, 15) is 4.79 Å². The largest absolute Gasteiger partial charge is 0.478 e. The fourth-order valence-electron chi connectivity index (χ4n) is 2.13. The van der Waals surface area contributed by atoms with Crippen molar-refractivity contribution >= 4 is 11.5 Å². The quantitative estimate of drug-likeness (QED) is 0.832. The fraction of sp³-hybridized carbons (Fsp3) is 0.167. The zero-order valence-corrected chi connectivity index (χ0v) is 11.8. The second-order valence-electron chi connectivity index (χ2n) is 4.79. The highest BCUT2D eigenvalue weighted by Gasteiger charge is 2.01. The number of carboxylic acid groups (broad SMARTS) is 1. The van der Waals surface area contributed by atoms with Crippen molar-refractivity contribution in [2.24, 2.45) is 0 Å². The molecule has 0 amide bonds. The van der Waals surface area contributed by atoms with Gasteiger partial charge in [-0.2, -0.15) is 0 Å². The Kier molecular flexibility index (Phi) is 4.36. The van der Waals surface area contributed by atoms with Crippen molar-refractivity contribution in [2.75, 3.05) is 0 Å². The standard InChI is InChI=1S/C18H18O2/c1-3-14-4-6-16(7-5-14)17-10-8-15(9-11-17)13(2)12-18(19)20/h4-12H,3H2,1-2H3,(H,19,20)/b13-12+. The van der Waals surface area contributed by atoms with Gasteiger partial charge in [0.1, 0.15) is 0 Å². The summed E-state index contributed by atoms with van der Waals surface area (Å²) >= 11 is 0. The van der Waals surface area contributed by atoms with E-state index in [-0.39, 0.29) is 0 Å². The molecular formula is C18H18O2. The van der Waals surface area contributed by atoms with Crippen LogP contribution in [0.15, 0.2) is 54.6 Å². The van der Waals surface area contributed by atoms with E-state index < -0.39 is 5.97 Å². The lowest BCUT2D eigenvalue weighted by atomic mass is 10.00. The van der Waals surface area contributed by atoms with Gasteiger partial charge in [-0.1, -0.05) is 55.5 Å². The maximum absolute atomic E-state index is 10.7. The molecule has 0 unspecified atom stereocenters. The van der Waals surface area contributed by atoms with E-state index >= 15 is 0 Å². The van der Waals surface area contributed by atoms with Crippen LogP contribution >= 0.6 is 0 Å². The SMILES string of the molecule is CCc1ccc(-c2ccc(/C(C)=C/C(=O)O)cc2)cc1. The van der Waals surface area contributed by atoms with E-state index in [1.54, 1.807) is 6.92 Å². The van der Waals surface area contributed by atoms with Crippen molar-refractivity contribution in [3.05, 3.63) is 65.7 Å². The lowest BCUT2D eigenvalue weighted by Gasteiger charge is -2.05. The minimum absolute atomic E-state index is 0.755. The van der Waals surface area contributed by atoms with Crippen molar-refractivity contribution in [1.29, 1.82) is 0 Å².